The maximum absolute atomic E-state index is 5.53. The van der Waals surface area contributed by atoms with Gasteiger partial charge in [-0.15, -0.1) is 0 Å². The molecule has 1 N–H and O–H groups in total. The third kappa shape index (κ3) is 2.74. The molecule has 1 aliphatic carbocycles. The van der Waals surface area contributed by atoms with Crippen molar-refractivity contribution in [3.05, 3.63) is 29.8 Å². The van der Waals surface area contributed by atoms with Gasteiger partial charge in [0.2, 0.25) is 0 Å². The lowest BCUT2D eigenvalue weighted by molar-refractivity contribution is 0.281. The Morgan fingerprint density at radius 2 is 2.31 bits per heavy atom. The second-order valence-corrected chi connectivity index (χ2v) is 3.58. The van der Waals surface area contributed by atoms with Crippen LogP contribution in [0.15, 0.2) is 24.3 Å². The van der Waals surface area contributed by atoms with Gasteiger partial charge in [0.1, 0.15) is 12.5 Å². The molecule has 0 atom stereocenters. The van der Waals surface area contributed by atoms with Crippen molar-refractivity contribution in [3.63, 3.8) is 0 Å². The Balaban J connectivity index is 1.79. The van der Waals surface area contributed by atoms with E-state index < -0.39 is 0 Å². The Hall–Kier alpha value is -1.02. The lowest BCUT2D eigenvalue weighted by atomic mass is 10.2. The van der Waals surface area contributed by atoms with Crippen molar-refractivity contribution in [2.45, 2.75) is 25.8 Å². The van der Waals surface area contributed by atoms with E-state index >= 15 is 0 Å². The van der Waals surface area contributed by atoms with Gasteiger partial charge in [-0.1, -0.05) is 12.1 Å². The van der Waals surface area contributed by atoms with Gasteiger partial charge in [-0.3, -0.25) is 5.32 Å². The van der Waals surface area contributed by atoms with E-state index in [1.165, 1.54) is 18.4 Å². The minimum atomic E-state index is 0.633. The first-order valence-electron chi connectivity index (χ1n) is 4.77. The van der Waals surface area contributed by atoms with Crippen molar-refractivity contribution >= 4 is 0 Å². The molecule has 1 aromatic rings. The molecule has 0 amide bonds. The summed E-state index contributed by atoms with van der Waals surface area (Å²) in [5.41, 5.74) is 1.24. The minimum absolute atomic E-state index is 0.633. The number of rotatable bonds is 4. The van der Waals surface area contributed by atoms with E-state index in [2.05, 4.69) is 24.4 Å². The normalized spacial score (nSPS) is 15.8. The highest BCUT2D eigenvalue weighted by molar-refractivity contribution is 5.27. The standard InChI is InChI=1S/C11H15NO/c1-9-3-2-4-11(7-9)13-8-12-10-5-6-10/h2-4,7,10,12H,5-6,8H2,1H3. The molecule has 2 nitrogen and oxygen atoms in total. The number of nitrogens with one attached hydrogen (secondary N) is 1. The second kappa shape index (κ2) is 3.79. The number of hydrogen-bond donors (Lipinski definition) is 1. The highest BCUT2D eigenvalue weighted by Gasteiger charge is 2.19. The Labute approximate surface area is 78.9 Å². The maximum Gasteiger partial charge on any atom is 0.139 e. The van der Waals surface area contributed by atoms with Crippen LogP contribution in [-0.2, 0) is 0 Å². The second-order valence-electron chi connectivity index (χ2n) is 3.58. The van der Waals surface area contributed by atoms with Gasteiger partial charge in [-0.25, -0.2) is 0 Å². The number of ether oxygens (including phenoxy) is 1. The number of hydrogen-bond acceptors (Lipinski definition) is 2. The minimum Gasteiger partial charge on any atom is -0.478 e. The first-order chi connectivity index (χ1) is 6.34. The Morgan fingerprint density at radius 3 is 3.00 bits per heavy atom. The zero-order chi connectivity index (χ0) is 9.10. The Bertz CT molecular complexity index is 281. The zero-order valence-corrected chi connectivity index (χ0v) is 7.92. The predicted octanol–water partition coefficient (Wildman–Crippen LogP) is 2.08. The maximum atomic E-state index is 5.53. The Kier molecular flexibility index (Phi) is 2.50. The van der Waals surface area contributed by atoms with Crippen LogP contribution in [0.2, 0.25) is 0 Å². The SMILES string of the molecule is Cc1cccc(OCNC2CC2)c1. The van der Waals surface area contributed by atoms with Gasteiger partial charge in [0.15, 0.2) is 0 Å². The fraction of sp³-hybridized carbons (Fsp3) is 0.455. The lowest BCUT2D eigenvalue weighted by Crippen LogP contribution is -2.21. The smallest absolute Gasteiger partial charge is 0.139 e. The fourth-order valence-electron chi connectivity index (χ4n) is 1.24. The van der Waals surface area contributed by atoms with Crippen LogP contribution in [0.1, 0.15) is 18.4 Å². The van der Waals surface area contributed by atoms with Crippen LogP contribution in [0.25, 0.3) is 0 Å². The van der Waals surface area contributed by atoms with Crippen molar-refractivity contribution in [3.8, 4) is 5.75 Å². The first kappa shape index (κ1) is 8.57. The van der Waals surface area contributed by atoms with Crippen molar-refractivity contribution in [1.82, 2.24) is 5.32 Å². The summed E-state index contributed by atoms with van der Waals surface area (Å²) in [6.07, 6.45) is 2.61. The van der Waals surface area contributed by atoms with E-state index in [1.807, 2.05) is 12.1 Å². The number of aryl methyl sites for hydroxylation is 1. The lowest BCUT2D eigenvalue weighted by Gasteiger charge is -2.06. The molecule has 0 spiro atoms. The molecule has 0 bridgehead atoms. The van der Waals surface area contributed by atoms with Gasteiger partial charge in [-0.05, 0) is 37.5 Å². The summed E-state index contributed by atoms with van der Waals surface area (Å²) in [7, 11) is 0. The first-order valence-corrected chi connectivity index (χ1v) is 4.77. The summed E-state index contributed by atoms with van der Waals surface area (Å²) in [6.45, 7) is 2.70. The monoisotopic (exact) mass is 177 g/mol. The summed E-state index contributed by atoms with van der Waals surface area (Å²) in [6, 6.07) is 8.84. The molecule has 2 heteroatoms. The molecule has 0 saturated heterocycles. The van der Waals surface area contributed by atoms with E-state index in [0.717, 1.165) is 5.75 Å². The molecule has 2 rings (SSSR count). The average Bonchev–Trinajstić information content (AvgIpc) is 2.88. The molecule has 1 saturated carbocycles. The average molecular weight is 177 g/mol. The van der Waals surface area contributed by atoms with Crippen molar-refractivity contribution in [2.75, 3.05) is 6.73 Å². The fourth-order valence-corrected chi connectivity index (χ4v) is 1.24. The molecule has 70 valence electrons. The van der Waals surface area contributed by atoms with Crippen molar-refractivity contribution < 1.29 is 4.74 Å². The van der Waals surface area contributed by atoms with Crippen molar-refractivity contribution in [1.29, 1.82) is 0 Å². The van der Waals surface area contributed by atoms with Crippen LogP contribution in [0.3, 0.4) is 0 Å². The molecule has 0 heterocycles. The highest BCUT2D eigenvalue weighted by atomic mass is 16.5. The molecule has 13 heavy (non-hydrogen) atoms. The molecule has 1 aliphatic rings. The molecule has 1 aromatic carbocycles. The molecule has 0 radical (unpaired) electrons. The van der Waals surface area contributed by atoms with Crippen molar-refractivity contribution in [2.24, 2.45) is 0 Å². The van der Waals surface area contributed by atoms with Gasteiger partial charge in [-0.2, -0.15) is 0 Å². The van der Waals surface area contributed by atoms with Crippen LogP contribution in [0, 0.1) is 6.92 Å². The van der Waals surface area contributed by atoms with E-state index in [-0.39, 0.29) is 0 Å². The van der Waals surface area contributed by atoms with Crippen LogP contribution >= 0.6 is 0 Å². The third-order valence-electron chi connectivity index (χ3n) is 2.18. The summed E-state index contributed by atoms with van der Waals surface area (Å²) < 4.78 is 5.53. The summed E-state index contributed by atoms with van der Waals surface area (Å²) in [4.78, 5) is 0. The highest BCUT2D eigenvalue weighted by Crippen LogP contribution is 2.18. The summed E-state index contributed by atoms with van der Waals surface area (Å²) in [5.74, 6) is 0.952. The molecular formula is C11H15NO. The van der Waals surface area contributed by atoms with E-state index in [4.69, 9.17) is 4.74 Å². The third-order valence-corrected chi connectivity index (χ3v) is 2.18. The molecular weight excluding hydrogens is 162 g/mol. The van der Waals surface area contributed by atoms with E-state index in [0.29, 0.717) is 12.8 Å². The largest absolute Gasteiger partial charge is 0.478 e. The van der Waals surface area contributed by atoms with Gasteiger partial charge in [0, 0.05) is 6.04 Å². The Morgan fingerprint density at radius 1 is 1.46 bits per heavy atom. The van der Waals surface area contributed by atoms with Gasteiger partial charge < -0.3 is 4.74 Å². The van der Waals surface area contributed by atoms with Gasteiger partial charge in [0.25, 0.3) is 0 Å². The zero-order valence-electron chi connectivity index (χ0n) is 7.92. The molecule has 0 unspecified atom stereocenters. The quantitative estimate of drug-likeness (QED) is 0.711. The predicted molar refractivity (Wildman–Crippen MR) is 52.8 cm³/mol. The van der Waals surface area contributed by atoms with Crippen LogP contribution in [0.5, 0.6) is 5.75 Å². The van der Waals surface area contributed by atoms with E-state index in [1.54, 1.807) is 0 Å². The molecule has 1 fully saturated rings. The van der Waals surface area contributed by atoms with Crippen LogP contribution < -0.4 is 10.1 Å². The topological polar surface area (TPSA) is 21.3 Å². The van der Waals surface area contributed by atoms with Crippen LogP contribution in [0.4, 0.5) is 0 Å². The number of benzene rings is 1. The molecule has 0 aliphatic heterocycles. The summed E-state index contributed by atoms with van der Waals surface area (Å²) in [5, 5.41) is 3.30. The van der Waals surface area contributed by atoms with Crippen LogP contribution in [-0.4, -0.2) is 12.8 Å². The van der Waals surface area contributed by atoms with E-state index in [9.17, 15) is 0 Å². The van der Waals surface area contributed by atoms with Gasteiger partial charge in [0.05, 0.1) is 0 Å². The summed E-state index contributed by atoms with van der Waals surface area (Å²) >= 11 is 0. The molecule has 0 aromatic heterocycles. The van der Waals surface area contributed by atoms with Gasteiger partial charge >= 0.3 is 0 Å².